The maximum absolute atomic E-state index is 13.4. The Morgan fingerprint density at radius 3 is 2.22 bits per heavy atom. The predicted octanol–water partition coefficient (Wildman–Crippen LogP) is 6.32. The largest absolute Gasteiger partial charge is 0.497 e. The van der Waals surface area contributed by atoms with E-state index in [1.165, 1.54) is 16.8 Å². The maximum atomic E-state index is 13.4. The highest BCUT2D eigenvalue weighted by Gasteiger charge is 2.38. The molecule has 1 fully saturated rings. The number of thioether (sulfide) groups is 1. The molecule has 1 unspecified atom stereocenters. The minimum absolute atomic E-state index is 0.258. The van der Waals surface area contributed by atoms with Gasteiger partial charge in [0.15, 0.2) is 0 Å². The zero-order valence-electron chi connectivity index (χ0n) is 19.6. The van der Waals surface area contributed by atoms with Crippen LogP contribution in [0.4, 0.5) is 0 Å². The molecule has 1 aliphatic rings. The van der Waals surface area contributed by atoms with E-state index in [0.717, 1.165) is 22.3 Å². The Bertz CT molecular complexity index is 1400. The number of hydrogen-bond donors (Lipinski definition) is 1. The third kappa shape index (κ3) is 5.04. The molecule has 6 heteroatoms. The fourth-order valence-electron chi connectivity index (χ4n) is 3.99. The molecule has 0 aromatic heterocycles. The monoisotopic (exact) mass is 492 g/mol. The Labute approximate surface area is 214 Å². The first-order valence-electron chi connectivity index (χ1n) is 11.5. The summed E-state index contributed by atoms with van der Waals surface area (Å²) in [5.41, 5.74) is 7.19. The second-order valence-electron chi connectivity index (χ2n) is 8.23. The SMILES string of the molecule is COc1cccc(/C=C2\SC(c3ccccc3)N(NC(=O)c3ccc(-c4ccccc4)cc3)C2=O)c1. The molecule has 0 spiro atoms. The Hall–Kier alpha value is -4.29. The molecule has 1 aliphatic heterocycles. The third-order valence-corrected chi connectivity index (χ3v) is 7.11. The highest BCUT2D eigenvalue weighted by molar-refractivity contribution is 8.04. The number of amides is 2. The molecule has 4 aromatic rings. The van der Waals surface area contributed by atoms with Crippen LogP contribution in [0.5, 0.6) is 5.75 Å². The average molecular weight is 493 g/mol. The predicted molar refractivity (Wildman–Crippen MR) is 144 cm³/mol. The van der Waals surface area contributed by atoms with Gasteiger partial charge in [-0.1, -0.05) is 96.7 Å². The summed E-state index contributed by atoms with van der Waals surface area (Å²) in [6, 6.07) is 34.5. The van der Waals surface area contributed by atoms with Gasteiger partial charge in [0.25, 0.3) is 11.8 Å². The van der Waals surface area contributed by atoms with Gasteiger partial charge in [0.2, 0.25) is 0 Å². The molecular weight excluding hydrogens is 468 g/mol. The van der Waals surface area contributed by atoms with Crippen molar-refractivity contribution in [1.82, 2.24) is 10.4 Å². The van der Waals surface area contributed by atoms with Gasteiger partial charge in [-0.2, -0.15) is 0 Å². The van der Waals surface area contributed by atoms with Crippen LogP contribution >= 0.6 is 11.8 Å². The summed E-state index contributed by atoms with van der Waals surface area (Å²) < 4.78 is 5.31. The summed E-state index contributed by atoms with van der Waals surface area (Å²) >= 11 is 1.41. The number of carbonyl (C=O) groups is 2. The summed E-state index contributed by atoms with van der Waals surface area (Å²) in [5.74, 6) is 0.113. The van der Waals surface area contributed by atoms with Crippen LogP contribution in [0.15, 0.2) is 114 Å². The lowest BCUT2D eigenvalue weighted by molar-refractivity contribution is -0.128. The van der Waals surface area contributed by atoms with Gasteiger partial charge in [-0.3, -0.25) is 15.0 Å². The van der Waals surface area contributed by atoms with E-state index in [4.69, 9.17) is 4.74 Å². The summed E-state index contributed by atoms with van der Waals surface area (Å²) in [6.07, 6.45) is 1.83. The van der Waals surface area contributed by atoms with E-state index in [-0.39, 0.29) is 17.2 Å². The molecule has 0 saturated carbocycles. The van der Waals surface area contributed by atoms with Crippen molar-refractivity contribution in [3.05, 3.63) is 131 Å². The maximum Gasteiger partial charge on any atom is 0.280 e. The second kappa shape index (κ2) is 10.5. The summed E-state index contributed by atoms with van der Waals surface area (Å²) in [5, 5.41) is 1.03. The van der Waals surface area contributed by atoms with Crippen LogP contribution in [0, 0.1) is 0 Å². The van der Waals surface area contributed by atoms with Gasteiger partial charge in [-0.15, -0.1) is 0 Å². The van der Waals surface area contributed by atoms with Crippen molar-refractivity contribution >= 4 is 29.7 Å². The first-order chi connectivity index (χ1) is 17.6. The molecule has 0 bridgehead atoms. The number of hydrazine groups is 1. The van der Waals surface area contributed by atoms with Crippen LogP contribution in [0.3, 0.4) is 0 Å². The number of nitrogens with zero attached hydrogens (tertiary/aromatic N) is 1. The van der Waals surface area contributed by atoms with Crippen LogP contribution in [-0.4, -0.2) is 23.9 Å². The Morgan fingerprint density at radius 2 is 1.53 bits per heavy atom. The topological polar surface area (TPSA) is 58.6 Å². The Balaban J connectivity index is 1.41. The highest BCUT2D eigenvalue weighted by atomic mass is 32.2. The fourth-order valence-corrected chi connectivity index (χ4v) is 5.18. The van der Waals surface area contributed by atoms with Crippen LogP contribution in [0.25, 0.3) is 17.2 Å². The normalized spacial score (nSPS) is 16.2. The van der Waals surface area contributed by atoms with Crippen LogP contribution in [0.2, 0.25) is 0 Å². The number of benzene rings is 4. The van der Waals surface area contributed by atoms with E-state index in [1.54, 1.807) is 19.2 Å². The number of carbonyl (C=O) groups excluding carboxylic acids is 2. The van der Waals surface area contributed by atoms with Crippen molar-refractivity contribution in [3.63, 3.8) is 0 Å². The average Bonchev–Trinajstić information content (AvgIpc) is 3.24. The Morgan fingerprint density at radius 1 is 0.861 bits per heavy atom. The lowest BCUT2D eigenvalue weighted by atomic mass is 10.0. The van der Waals surface area contributed by atoms with Crippen LogP contribution in [-0.2, 0) is 4.79 Å². The molecule has 0 radical (unpaired) electrons. The van der Waals surface area contributed by atoms with E-state index >= 15 is 0 Å². The second-order valence-corrected chi connectivity index (χ2v) is 9.35. The van der Waals surface area contributed by atoms with Gasteiger partial charge in [0.05, 0.1) is 12.0 Å². The number of methoxy groups -OCH3 is 1. The van der Waals surface area contributed by atoms with E-state index in [0.29, 0.717) is 16.2 Å². The van der Waals surface area contributed by atoms with Gasteiger partial charge in [-0.25, -0.2) is 5.01 Å². The summed E-state index contributed by atoms with van der Waals surface area (Å²) in [7, 11) is 1.61. The van der Waals surface area contributed by atoms with Gasteiger partial charge >= 0.3 is 0 Å². The van der Waals surface area contributed by atoms with E-state index in [1.807, 2.05) is 103 Å². The van der Waals surface area contributed by atoms with Crippen molar-refractivity contribution in [2.75, 3.05) is 7.11 Å². The molecular formula is C30H24N2O3S. The molecule has 1 atom stereocenters. The highest BCUT2D eigenvalue weighted by Crippen LogP contribution is 2.45. The molecule has 1 heterocycles. The molecule has 36 heavy (non-hydrogen) atoms. The lowest BCUT2D eigenvalue weighted by Gasteiger charge is -2.24. The first-order valence-corrected chi connectivity index (χ1v) is 12.4. The smallest absolute Gasteiger partial charge is 0.280 e. The standard InChI is InChI=1S/C30H24N2O3S/c1-35-26-14-8-9-21(19-26)20-27-29(34)32(30(36-27)25-12-6-3-7-13-25)31-28(33)24-17-15-23(16-18-24)22-10-4-2-5-11-22/h2-20,30H,1H3,(H,31,33)/b27-20-. The molecule has 4 aromatic carbocycles. The minimum Gasteiger partial charge on any atom is -0.497 e. The van der Waals surface area contributed by atoms with Crippen molar-refractivity contribution in [3.8, 4) is 16.9 Å². The molecule has 0 aliphatic carbocycles. The van der Waals surface area contributed by atoms with Crippen LogP contribution in [0.1, 0.15) is 26.9 Å². The first kappa shape index (κ1) is 23.5. The molecule has 178 valence electrons. The molecule has 1 saturated heterocycles. The van der Waals surface area contributed by atoms with E-state index in [9.17, 15) is 9.59 Å². The Kier molecular flexibility index (Phi) is 6.87. The summed E-state index contributed by atoms with van der Waals surface area (Å²) in [4.78, 5) is 27.2. The number of nitrogens with one attached hydrogen (secondary N) is 1. The van der Waals surface area contributed by atoms with Crippen molar-refractivity contribution in [1.29, 1.82) is 0 Å². The van der Waals surface area contributed by atoms with Crippen molar-refractivity contribution in [2.24, 2.45) is 0 Å². The molecule has 5 rings (SSSR count). The number of rotatable bonds is 6. The van der Waals surface area contributed by atoms with Crippen LogP contribution < -0.4 is 10.2 Å². The molecule has 1 N–H and O–H groups in total. The lowest BCUT2D eigenvalue weighted by Crippen LogP contribution is -2.44. The zero-order chi connectivity index (χ0) is 24.9. The molecule has 2 amide bonds. The minimum atomic E-state index is -0.386. The number of hydrogen-bond acceptors (Lipinski definition) is 4. The zero-order valence-corrected chi connectivity index (χ0v) is 20.4. The quantitative estimate of drug-likeness (QED) is 0.320. The number of ether oxygens (including phenoxy) is 1. The third-order valence-electron chi connectivity index (χ3n) is 5.86. The molecule has 5 nitrogen and oxygen atoms in total. The van der Waals surface area contributed by atoms with Gasteiger partial charge in [-0.05, 0) is 52.6 Å². The van der Waals surface area contributed by atoms with Gasteiger partial charge in [0.1, 0.15) is 11.1 Å². The summed E-state index contributed by atoms with van der Waals surface area (Å²) in [6.45, 7) is 0. The van der Waals surface area contributed by atoms with E-state index in [2.05, 4.69) is 5.43 Å². The van der Waals surface area contributed by atoms with Crippen molar-refractivity contribution in [2.45, 2.75) is 5.37 Å². The van der Waals surface area contributed by atoms with Gasteiger partial charge in [0, 0.05) is 5.56 Å². The van der Waals surface area contributed by atoms with Crippen molar-refractivity contribution < 1.29 is 14.3 Å². The van der Waals surface area contributed by atoms with E-state index < -0.39 is 0 Å². The van der Waals surface area contributed by atoms with Gasteiger partial charge < -0.3 is 4.74 Å². The fraction of sp³-hybridized carbons (Fsp3) is 0.0667.